The van der Waals surface area contributed by atoms with Crippen molar-refractivity contribution in [2.75, 3.05) is 6.61 Å². The van der Waals surface area contributed by atoms with Crippen LogP contribution in [0.2, 0.25) is 0 Å². The summed E-state index contributed by atoms with van der Waals surface area (Å²) >= 11 is 0. The molecule has 3 heterocycles. The van der Waals surface area contributed by atoms with Crippen molar-refractivity contribution in [3.8, 4) is 16.9 Å². The third-order valence-electron chi connectivity index (χ3n) is 6.10. The van der Waals surface area contributed by atoms with Crippen molar-refractivity contribution < 1.29 is 14.3 Å². The second-order valence-electron chi connectivity index (χ2n) is 9.70. The molecule has 0 N–H and O–H groups in total. The largest absolute Gasteiger partial charge is 0.493 e. The second-order valence-corrected chi connectivity index (χ2v) is 9.70. The fraction of sp³-hybridized carbons (Fsp3) is 0.321. The quantitative estimate of drug-likeness (QED) is 0.361. The lowest BCUT2D eigenvalue weighted by atomic mass is 9.88. The van der Waals surface area contributed by atoms with Crippen LogP contribution < -0.4 is 4.74 Å². The average molecular weight is 441 g/mol. The topological polar surface area (TPSA) is 61.3 Å². The van der Waals surface area contributed by atoms with Gasteiger partial charge in [-0.1, -0.05) is 12.1 Å². The molecule has 0 aliphatic carbocycles. The lowest BCUT2D eigenvalue weighted by Gasteiger charge is -2.28. The van der Waals surface area contributed by atoms with Crippen molar-refractivity contribution in [2.45, 2.75) is 52.7 Å². The van der Waals surface area contributed by atoms with Crippen molar-refractivity contribution in [3.05, 3.63) is 65.0 Å². The molecule has 5 heteroatoms. The van der Waals surface area contributed by atoms with Crippen LogP contribution in [0, 0.1) is 13.8 Å². The van der Waals surface area contributed by atoms with Crippen LogP contribution in [0.15, 0.2) is 42.6 Å². The number of benzene rings is 2. The Morgan fingerprint density at radius 3 is 2.70 bits per heavy atom. The Bertz CT molecular complexity index is 1390. The molecular formula is C28H28N2O3. The minimum absolute atomic E-state index is 0.496. The monoisotopic (exact) mass is 440 g/mol. The summed E-state index contributed by atoms with van der Waals surface area (Å²) in [4.78, 5) is 22.0. The predicted octanol–water partition coefficient (Wildman–Crippen LogP) is 6.06. The number of hydrogen-bond acceptors (Lipinski definition) is 5. The maximum absolute atomic E-state index is 12.3. The standard InChI is InChI=1S/C28H28N2O3/c1-16-6-7-19-21(14-16)30-17(2)24(23(15-31)33-28(3,4)5)26(19)20-8-9-22-25-18(11-13-32-22)10-12-29-27(20)25/h6-10,12,14-15,23H,11,13H2,1-5H3/t23-/m1/s1. The molecule has 0 saturated heterocycles. The van der Waals surface area contributed by atoms with E-state index in [9.17, 15) is 4.79 Å². The highest BCUT2D eigenvalue weighted by molar-refractivity contribution is 6.07. The van der Waals surface area contributed by atoms with E-state index in [1.54, 1.807) is 0 Å². The molecule has 0 radical (unpaired) electrons. The SMILES string of the molecule is Cc1ccc2c(-c3ccc4c5c(ccnc35)CCO4)c([C@@H](C=O)OC(C)(C)C)c(C)nc2c1. The van der Waals surface area contributed by atoms with Crippen LogP contribution in [0.3, 0.4) is 0 Å². The number of aryl methyl sites for hydroxylation is 2. The summed E-state index contributed by atoms with van der Waals surface area (Å²) in [7, 11) is 0. The van der Waals surface area contributed by atoms with E-state index in [1.807, 2.05) is 40.0 Å². The van der Waals surface area contributed by atoms with Gasteiger partial charge in [-0.05, 0) is 70.0 Å². The van der Waals surface area contributed by atoms with Gasteiger partial charge in [0.1, 0.15) is 11.9 Å². The molecule has 4 aromatic rings. The lowest BCUT2D eigenvalue weighted by molar-refractivity contribution is -0.128. The van der Waals surface area contributed by atoms with E-state index in [4.69, 9.17) is 19.4 Å². The summed E-state index contributed by atoms with van der Waals surface area (Å²) in [5.41, 5.74) is 7.10. The molecule has 0 spiro atoms. The normalized spacial score (nSPS) is 14.3. The molecule has 1 atom stereocenters. The van der Waals surface area contributed by atoms with Gasteiger partial charge >= 0.3 is 0 Å². The Balaban J connectivity index is 1.90. The average Bonchev–Trinajstić information content (AvgIpc) is 2.77. The highest BCUT2D eigenvalue weighted by Crippen LogP contribution is 2.44. The molecule has 0 fully saturated rings. The molecule has 1 aliphatic heterocycles. The molecule has 0 saturated carbocycles. The Morgan fingerprint density at radius 1 is 1.12 bits per heavy atom. The summed E-state index contributed by atoms with van der Waals surface area (Å²) in [6.45, 7) is 10.5. The fourth-order valence-electron chi connectivity index (χ4n) is 4.79. The lowest BCUT2D eigenvalue weighted by Crippen LogP contribution is -2.24. The number of nitrogens with zero attached hydrogens (tertiary/aromatic N) is 2. The number of ether oxygens (including phenoxy) is 2. The number of carbonyl (C=O) groups excluding carboxylic acids is 1. The first kappa shape index (κ1) is 21.5. The number of aromatic nitrogens is 2. The molecule has 2 aromatic heterocycles. The molecule has 5 rings (SSSR count). The maximum atomic E-state index is 12.3. The van der Waals surface area contributed by atoms with Gasteiger partial charge in [0, 0.05) is 45.8 Å². The zero-order valence-corrected chi connectivity index (χ0v) is 19.7. The molecule has 2 aromatic carbocycles. The number of hydrogen-bond donors (Lipinski definition) is 0. The smallest absolute Gasteiger partial charge is 0.153 e. The third kappa shape index (κ3) is 3.76. The zero-order chi connectivity index (χ0) is 23.3. The van der Waals surface area contributed by atoms with Gasteiger partial charge in [0.15, 0.2) is 6.29 Å². The highest BCUT2D eigenvalue weighted by atomic mass is 16.5. The number of fused-ring (bicyclic) bond motifs is 1. The number of rotatable bonds is 4. The summed E-state index contributed by atoms with van der Waals surface area (Å²) in [6, 6.07) is 12.4. The molecule has 5 nitrogen and oxygen atoms in total. The Morgan fingerprint density at radius 2 is 1.94 bits per heavy atom. The summed E-state index contributed by atoms with van der Waals surface area (Å²) in [5, 5.41) is 2.02. The number of aldehydes is 1. The molecule has 0 unspecified atom stereocenters. The van der Waals surface area contributed by atoms with Gasteiger partial charge in [0.2, 0.25) is 0 Å². The van der Waals surface area contributed by atoms with Crippen molar-refractivity contribution in [1.82, 2.24) is 9.97 Å². The van der Waals surface area contributed by atoms with Crippen LogP contribution in [-0.2, 0) is 16.0 Å². The Labute approximate surface area is 193 Å². The van der Waals surface area contributed by atoms with E-state index in [1.165, 1.54) is 5.56 Å². The highest BCUT2D eigenvalue weighted by Gasteiger charge is 2.28. The van der Waals surface area contributed by atoms with Crippen molar-refractivity contribution >= 4 is 28.1 Å². The van der Waals surface area contributed by atoms with E-state index >= 15 is 0 Å². The minimum Gasteiger partial charge on any atom is -0.493 e. The second kappa shape index (κ2) is 7.92. The van der Waals surface area contributed by atoms with E-state index < -0.39 is 11.7 Å². The number of carbonyl (C=O) groups is 1. The van der Waals surface area contributed by atoms with Crippen molar-refractivity contribution in [3.63, 3.8) is 0 Å². The van der Waals surface area contributed by atoms with Gasteiger partial charge in [-0.15, -0.1) is 0 Å². The zero-order valence-electron chi connectivity index (χ0n) is 19.7. The van der Waals surface area contributed by atoms with Crippen LogP contribution in [-0.4, -0.2) is 28.5 Å². The summed E-state index contributed by atoms with van der Waals surface area (Å²) < 4.78 is 12.2. The van der Waals surface area contributed by atoms with Gasteiger partial charge in [-0.2, -0.15) is 0 Å². The van der Waals surface area contributed by atoms with Gasteiger partial charge in [-0.25, -0.2) is 0 Å². The Hall–Kier alpha value is -3.31. The van der Waals surface area contributed by atoms with Crippen molar-refractivity contribution in [1.29, 1.82) is 0 Å². The van der Waals surface area contributed by atoms with E-state index in [0.717, 1.165) is 68.2 Å². The molecule has 1 aliphatic rings. The van der Waals surface area contributed by atoms with Crippen LogP contribution >= 0.6 is 0 Å². The first-order valence-corrected chi connectivity index (χ1v) is 11.3. The van der Waals surface area contributed by atoms with Crippen LogP contribution in [0.1, 0.15) is 49.3 Å². The fourth-order valence-corrected chi connectivity index (χ4v) is 4.79. The maximum Gasteiger partial charge on any atom is 0.153 e. The third-order valence-corrected chi connectivity index (χ3v) is 6.10. The van der Waals surface area contributed by atoms with E-state index in [2.05, 4.69) is 37.3 Å². The first-order chi connectivity index (χ1) is 15.8. The molecule has 0 bridgehead atoms. The minimum atomic E-state index is -0.750. The first-order valence-electron chi connectivity index (χ1n) is 11.3. The Kier molecular flexibility index (Phi) is 5.17. The molecule has 33 heavy (non-hydrogen) atoms. The van der Waals surface area contributed by atoms with Gasteiger partial charge in [0.25, 0.3) is 0 Å². The summed E-state index contributed by atoms with van der Waals surface area (Å²) in [6.07, 6.45) is 2.83. The van der Waals surface area contributed by atoms with Gasteiger partial charge in [0.05, 0.1) is 23.2 Å². The predicted molar refractivity (Wildman–Crippen MR) is 131 cm³/mol. The van der Waals surface area contributed by atoms with E-state index in [-0.39, 0.29) is 0 Å². The molecule has 168 valence electrons. The van der Waals surface area contributed by atoms with Crippen LogP contribution in [0.5, 0.6) is 5.75 Å². The van der Waals surface area contributed by atoms with Crippen LogP contribution in [0.4, 0.5) is 0 Å². The molecule has 0 amide bonds. The number of pyridine rings is 2. The van der Waals surface area contributed by atoms with Crippen LogP contribution in [0.25, 0.3) is 32.9 Å². The molecular weight excluding hydrogens is 412 g/mol. The summed E-state index contributed by atoms with van der Waals surface area (Å²) in [5.74, 6) is 0.855. The van der Waals surface area contributed by atoms with Gasteiger partial charge < -0.3 is 14.3 Å². The van der Waals surface area contributed by atoms with Crippen molar-refractivity contribution in [2.24, 2.45) is 0 Å². The van der Waals surface area contributed by atoms with Gasteiger partial charge in [-0.3, -0.25) is 9.97 Å². The van der Waals surface area contributed by atoms with E-state index in [0.29, 0.717) is 6.61 Å².